The summed E-state index contributed by atoms with van der Waals surface area (Å²) in [6.45, 7) is 1.41. The SMILES string of the molecule is Cn1cc(C=CC(=O)N2CCCC(CCC(=O)O)C2)cn1. The molecule has 1 aliphatic rings. The lowest BCUT2D eigenvalue weighted by molar-refractivity contribution is -0.137. The van der Waals surface area contributed by atoms with Crippen LogP contribution in [0.5, 0.6) is 0 Å². The Labute approximate surface area is 124 Å². The second kappa shape index (κ2) is 7.06. The molecule has 2 rings (SSSR count). The van der Waals surface area contributed by atoms with E-state index in [9.17, 15) is 9.59 Å². The highest BCUT2D eigenvalue weighted by atomic mass is 16.4. The summed E-state index contributed by atoms with van der Waals surface area (Å²) in [5.41, 5.74) is 0.894. The number of likely N-dealkylation sites (tertiary alicyclic amines) is 1. The van der Waals surface area contributed by atoms with Gasteiger partial charge in [-0.3, -0.25) is 14.3 Å². The van der Waals surface area contributed by atoms with Crippen LogP contribution in [-0.2, 0) is 16.6 Å². The fraction of sp³-hybridized carbons (Fsp3) is 0.533. The molecule has 1 unspecified atom stereocenters. The van der Waals surface area contributed by atoms with Gasteiger partial charge in [0.05, 0.1) is 6.20 Å². The zero-order chi connectivity index (χ0) is 15.2. The summed E-state index contributed by atoms with van der Waals surface area (Å²) in [5.74, 6) is -0.487. The Morgan fingerprint density at radius 3 is 3.00 bits per heavy atom. The van der Waals surface area contributed by atoms with Crippen molar-refractivity contribution in [2.45, 2.75) is 25.7 Å². The maximum atomic E-state index is 12.2. The third kappa shape index (κ3) is 4.73. The Morgan fingerprint density at radius 1 is 1.52 bits per heavy atom. The zero-order valence-corrected chi connectivity index (χ0v) is 12.2. The molecule has 6 heteroatoms. The maximum Gasteiger partial charge on any atom is 0.303 e. The van der Waals surface area contributed by atoms with E-state index >= 15 is 0 Å². The molecular formula is C15H21N3O3. The van der Waals surface area contributed by atoms with Crippen molar-refractivity contribution in [1.82, 2.24) is 14.7 Å². The quantitative estimate of drug-likeness (QED) is 0.835. The molecule has 0 spiro atoms. The summed E-state index contributed by atoms with van der Waals surface area (Å²) in [4.78, 5) is 24.6. The lowest BCUT2D eigenvalue weighted by atomic mass is 9.93. The van der Waals surface area contributed by atoms with E-state index in [1.807, 2.05) is 18.1 Å². The van der Waals surface area contributed by atoms with Crippen molar-refractivity contribution in [3.05, 3.63) is 24.0 Å². The van der Waals surface area contributed by atoms with Gasteiger partial charge in [0, 0.05) is 44.4 Å². The molecule has 1 N–H and O–H groups in total. The molecule has 6 nitrogen and oxygen atoms in total. The lowest BCUT2D eigenvalue weighted by Gasteiger charge is -2.31. The van der Waals surface area contributed by atoms with Crippen LogP contribution >= 0.6 is 0 Å². The van der Waals surface area contributed by atoms with Gasteiger partial charge in [-0.2, -0.15) is 5.10 Å². The molecule has 0 saturated carbocycles. The first kappa shape index (κ1) is 15.3. The predicted octanol–water partition coefficient (Wildman–Crippen LogP) is 1.54. The van der Waals surface area contributed by atoms with Gasteiger partial charge in [0.1, 0.15) is 0 Å². The average molecular weight is 291 g/mol. The number of piperidine rings is 1. The average Bonchev–Trinajstić information content (AvgIpc) is 2.88. The molecule has 1 aliphatic heterocycles. The number of carboxylic acids is 1. The van der Waals surface area contributed by atoms with E-state index in [-0.39, 0.29) is 12.3 Å². The van der Waals surface area contributed by atoms with Crippen LogP contribution in [0.3, 0.4) is 0 Å². The predicted molar refractivity (Wildman–Crippen MR) is 78.4 cm³/mol. The van der Waals surface area contributed by atoms with E-state index < -0.39 is 5.97 Å². The van der Waals surface area contributed by atoms with Crippen LogP contribution in [-0.4, -0.2) is 44.8 Å². The third-order valence-electron chi connectivity index (χ3n) is 3.74. The number of aliphatic carboxylic acids is 1. The van der Waals surface area contributed by atoms with E-state index in [2.05, 4.69) is 5.10 Å². The maximum absolute atomic E-state index is 12.2. The molecule has 1 atom stereocenters. The number of nitrogens with zero attached hydrogens (tertiary/aromatic N) is 3. The Hall–Kier alpha value is -2.11. The van der Waals surface area contributed by atoms with E-state index in [0.717, 1.165) is 24.9 Å². The Bertz CT molecular complexity index is 536. The highest BCUT2D eigenvalue weighted by Crippen LogP contribution is 2.21. The summed E-state index contributed by atoms with van der Waals surface area (Å²) in [6, 6.07) is 0. The number of hydrogen-bond donors (Lipinski definition) is 1. The van der Waals surface area contributed by atoms with Crippen molar-refractivity contribution < 1.29 is 14.7 Å². The molecule has 0 radical (unpaired) electrons. The number of carboxylic acid groups (broad SMARTS) is 1. The fourth-order valence-corrected chi connectivity index (χ4v) is 2.63. The van der Waals surface area contributed by atoms with E-state index in [1.165, 1.54) is 0 Å². The molecule has 1 saturated heterocycles. The van der Waals surface area contributed by atoms with Crippen molar-refractivity contribution in [1.29, 1.82) is 0 Å². The third-order valence-corrected chi connectivity index (χ3v) is 3.74. The Balaban J connectivity index is 1.86. The van der Waals surface area contributed by atoms with Crippen LogP contribution in [0.2, 0.25) is 0 Å². The largest absolute Gasteiger partial charge is 0.481 e. The van der Waals surface area contributed by atoms with Gasteiger partial charge < -0.3 is 10.0 Å². The minimum absolute atomic E-state index is 0.0149. The van der Waals surface area contributed by atoms with Gasteiger partial charge >= 0.3 is 5.97 Å². The molecule has 0 bridgehead atoms. The number of carbonyl (C=O) groups excluding carboxylic acids is 1. The summed E-state index contributed by atoms with van der Waals surface area (Å²) < 4.78 is 1.69. The highest BCUT2D eigenvalue weighted by molar-refractivity contribution is 5.91. The van der Waals surface area contributed by atoms with Gasteiger partial charge in [-0.1, -0.05) is 0 Å². The first-order chi connectivity index (χ1) is 10.0. The van der Waals surface area contributed by atoms with Crippen LogP contribution in [0.1, 0.15) is 31.2 Å². The zero-order valence-electron chi connectivity index (χ0n) is 12.2. The van der Waals surface area contributed by atoms with Crippen molar-refractivity contribution in [2.75, 3.05) is 13.1 Å². The van der Waals surface area contributed by atoms with Crippen molar-refractivity contribution in [3.8, 4) is 0 Å². The van der Waals surface area contributed by atoms with E-state index in [0.29, 0.717) is 18.9 Å². The molecule has 0 aliphatic carbocycles. The molecule has 1 fully saturated rings. The Kier molecular flexibility index (Phi) is 5.14. The number of aromatic nitrogens is 2. The number of carbonyl (C=O) groups is 2. The molecule has 1 aromatic heterocycles. The summed E-state index contributed by atoms with van der Waals surface area (Å²) in [6.07, 6.45) is 9.64. The smallest absolute Gasteiger partial charge is 0.303 e. The standard InChI is InChI=1S/C15H21N3O3/c1-17-10-13(9-16-17)4-6-14(19)18-8-2-3-12(11-18)5-7-15(20)21/h4,6,9-10,12H,2-3,5,7-8,11H2,1H3,(H,20,21). The van der Waals surface area contributed by atoms with Crippen LogP contribution in [0, 0.1) is 5.92 Å². The lowest BCUT2D eigenvalue weighted by Crippen LogP contribution is -2.39. The second-order valence-electron chi connectivity index (χ2n) is 5.51. The van der Waals surface area contributed by atoms with E-state index in [1.54, 1.807) is 23.0 Å². The second-order valence-corrected chi connectivity index (χ2v) is 5.51. The molecule has 0 aromatic carbocycles. The topological polar surface area (TPSA) is 75.4 Å². The van der Waals surface area contributed by atoms with Gasteiger partial charge in [-0.05, 0) is 31.3 Å². The number of rotatable bonds is 5. The molecule has 114 valence electrons. The number of amides is 1. The fourth-order valence-electron chi connectivity index (χ4n) is 2.63. The van der Waals surface area contributed by atoms with Gasteiger partial charge in [-0.25, -0.2) is 0 Å². The van der Waals surface area contributed by atoms with Gasteiger partial charge in [-0.15, -0.1) is 0 Å². The van der Waals surface area contributed by atoms with Crippen LogP contribution in [0.25, 0.3) is 6.08 Å². The van der Waals surface area contributed by atoms with E-state index in [4.69, 9.17) is 5.11 Å². The molecule has 1 aromatic rings. The number of hydrogen-bond acceptors (Lipinski definition) is 3. The van der Waals surface area contributed by atoms with Crippen LogP contribution in [0.4, 0.5) is 0 Å². The molecule has 2 heterocycles. The summed E-state index contributed by atoms with van der Waals surface area (Å²) in [7, 11) is 1.83. The Morgan fingerprint density at radius 2 is 2.33 bits per heavy atom. The first-order valence-corrected chi connectivity index (χ1v) is 7.22. The normalized spacial score (nSPS) is 19.1. The molecule has 1 amide bonds. The number of aryl methyl sites for hydroxylation is 1. The summed E-state index contributed by atoms with van der Waals surface area (Å²) >= 11 is 0. The van der Waals surface area contributed by atoms with Crippen LogP contribution in [0.15, 0.2) is 18.5 Å². The van der Waals surface area contributed by atoms with Crippen molar-refractivity contribution in [3.63, 3.8) is 0 Å². The van der Waals surface area contributed by atoms with Crippen LogP contribution < -0.4 is 0 Å². The first-order valence-electron chi connectivity index (χ1n) is 7.22. The van der Waals surface area contributed by atoms with Crippen molar-refractivity contribution >= 4 is 18.0 Å². The molecule has 21 heavy (non-hydrogen) atoms. The summed E-state index contributed by atoms with van der Waals surface area (Å²) in [5, 5.41) is 12.8. The monoisotopic (exact) mass is 291 g/mol. The highest BCUT2D eigenvalue weighted by Gasteiger charge is 2.22. The minimum Gasteiger partial charge on any atom is -0.481 e. The minimum atomic E-state index is -0.769. The van der Waals surface area contributed by atoms with Crippen molar-refractivity contribution in [2.24, 2.45) is 13.0 Å². The van der Waals surface area contributed by atoms with Gasteiger partial charge in [0.2, 0.25) is 5.91 Å². The molecular weight excluding hydrogens is 270 g/mol. The van der Waals surface area contributed by atoms with Gasteiger partial charge in [0.25, 0.3) is 0 Å². The van der Waals surface area contributed by atoms with Gasteiger partial charge in [0.15, 0.2) is 0 Å².